The molecular weight excluding hydrogens is 336 g/mol. The second-order valence-electron chi connectivity index (χ2n) is 5.62. The van der Waals surface area contributed by atoms with E-state index in [1.165, 1.54) is 0 Å². The zero-order valence-corrected chi connectivity index (χ0v) is 13.7. The van der Waals surface area contributed by atoms with Crippen LogP contribution in [-0.2, 0) is 9.59 Å². The smallest absolute Gasteiger partial charge is 0.323 e. The molecule has 1 saturated heterocycles. The number of hydrogen-bond acceptors (Lipinski definition) is 3. The number of carboxylic acids is 1. The molecule has 5 nitrogen and oxygen atoms in total. The first-order valence-corrected chi connectivity index (χ1v) is 7.67. The van der Waals surface area contributed by atoms with Crippen molar-refractivity contribution in [3.05, 3.63) is 28.2 Å². The molecule has 1 heterocycles. The molecule has 1 aliphatic heterocycles. The fourth-order valence-corrected chi connectivity index (χ4v) is 2.86. The number of amides is 1. The maximum atomic E-state index is 12.1. The zero-order chi connectivity index (χ0) is 15.6. The number of likely N-dealkylation sites (tertiary alicyclic amines) is 1. The lowest BCUT2D eigenvalue weighted by Gasteiger charge is -2.30. The first kappa shape index (κ1) is 16.0. The summed E-state index contributed by atoms with van der Waals surface area (Å²) in [5.41, 5.74) is 0.814. The van der Waals surface area contributed by atoms with Crippen molar-refractivity contribution in [2.24, 2.45) is 0 Å². The monoisotopic (exact) mass is 354 g/mol. The molecule has 1 aromatic rings. The van der Waals surface area contributed by atoms with Gasteiger partial charge in [0.2, 0.25) is 5.91 Å². The number of benzene rings is 1. The van der Waals surface area contributed by atoms with Gasteiger partial charge in [0, 0.05) is 10.2 Å². The van der Waals surface area contributed by atoms with E-state index in [2.05, 4.69) is 21.2 Å². The molecule has 0 aromatic heterocycles. The molecule has 1 unspecified atom stereocenters. The van der Waals surface area contributed by atoms with E-state index in [1.54, 1.807) is 11.8 Å². The van der Waals surface area contributed by atoms with Crippen LogP contribution in [0.15, 0.2) is 22.7 Å². The molecule has 1 amide bonds. The van der Waals surface area contributed by atoms with E-state index in [4.69, 9.17) is 0 Å². The molecule has 0 radical (unpaired) electrons. The highest BCUT2D eigenvalue weighted by molar-refractivity contribution is 9.10. The Morgan fingerprint density at radius 1 is 1.48 bits per heavy atom. The summed E-state index contributed by atoms with van der Waals surface area (Å²) >= 11 is 3.41. The predicted octanol–water partition coefficient (Wildman–Crippen LogP) is 2.64. The Morgan fingerprint density at radius 2 is 2.19 bits per heavy atom. The standard InChI is InChI=1S/C15H19BrN2O3/c1-10-8-11(4-5-12(10)16)17-13(19)9-18-7-3-6-15(18,2)14(20)21/h4-5,8H,3,6-7,9H2,1-2H3,(H,17,19)(H,20,21). The average molecular weight is 355 g/mol. The normalized spacial score (nSPS) is 22.2. The van der Waals surface area contributed by atoms with Gasteiger partial charge < -0.3 is 10.4 Å². The minimum atomic E-state index is -0.938. The van der Waals surface area contributed by atoms with Crippen molar-refractivity contribution in [3.8, 4) is 0 Å². The Morgan fingerprint density at radius 3 is 2.81 bits per heavy atom. The topological polar surface area (TPSA) is 69.6 Å². The van der Waals surface area contributed by atoms with Crippen LogP contribution < -0.4 is 5.32 Å². The largest absolute Gasteiger partial charge is 0.480 e. The van der Waals surface area contributed by atoms with E-state index >= 15 is 0 Å². The maximum absolute atomic E-state index is 12.1. The summed E-state index contributed by atoms with van der Waals surface area (Å²) in [5.74, 6) is -1.06. The minimum Gasteiger partial charge on any atom is -0.480 e. The second kappa shape index (κ2) is 6.15. The van der Waals surface area contributed by atoms with Crippen LogP contribution in [0.3, 0.4) is 0 Å². The number of rotatable bonds is 4. The quantitative estimate of drug-likeness (QED) is 0.871. The van der Waals surface area contributed by atoms with Crippen LogP contribution in [0, 0.1) is 6.92 Å². The van der Waals surface area contributed by atoms with Gasteiger partial charge in [0.15, 0.2) is 0 Å². The van der Waals surface area contributed by atoms with Crippen molar-refractivity contribution in [2.45, 2.75) is 32.2 Å². The lowest BCUT2D eigenvalue weighted by Crippen LogP contribution is -2.50. The number of hydrogen-bond donors (Lipinski definition) is 2. The molecule has 1 atom stereocenters. The van der Waals surface area contributed by atoms with Crippen molar-refractivity contribution < 1.29 is 14.7 Å². The van der Waals surface area contributed by atoms with Crippen molar-refractivity contribution in [2.75, 3.05) is 18.4 Å². The van der Waals surface area contributed by atoms with Crippen LogP contribution >= 0.6 is 15.9 Å². The van der Waals surface area contributed by atoms with E-state index in [0.29, 0.717) is 13.0 Å². The molecule has 21 heavy (non-hydrogen) atoms. The molecule has 1 fully saturated rings. The molecule has 6 heteroatoms. The number of anilines is 1. The fourth-order valence-electron chi connectivity index (χ4n) is 2.61. The predicted molar refractivity (Wildman–Crippen MR) is 84.4 cm³/mol. The van der Waals surface area contributed by atoms with E-state index < -0.39 is 11.5 Å². The highest BCUT2D eigenvalue weighted by atomic mass is 79.9. The molecule has 0 saturated carbocycles. The summed E-state index contributed by atoms with van der Waals surface area (Å²) in [4.78, 5) is 25.2. The Balaban J connectivity index is 2.01. The number of carbonyl (C=O) groups is 2. The number of aliphatic carboxylic acids is 1. The molecule has 0 aliphatic carbocycles. The third kappa shape index (κ3) is 3.44. The van der Waals surface area contributed by atoms with Crippen LogP contribution in [0.4, 0.5) is 5.69 Å². The van der Waals surface area contributed by atoms with Crippen molar-refractivity contribution in [1.29, 1.82) is 0 Å². The van der Waals surface area contributed by atoms with Gasteiger partial charge in [-0.3, -0.25) is 14.5 Å². The van der Waals surface area contributed by atoms with Gasteiger partial charge in [-0.15, -0.1) is 0 Å². The molecule has 1 aliphatic rings. The summed E-state index contributed by atoms with van der Waals surface area (Å²) in [6, 6.07) is 5.57. The van der Waals surface area contributed by atoms with Gasteiger partial charge in [0.1, 0.15) is 5.54 Å². The van der Waals surface area contributed by atoms with Crippen LogP contribution in [0.5, 0.6) is 0 Å². The Kier molecular flexibility index (Phi) is 4.68. The van der Waals surface area contributed by atoms with E-state index in [9.17, 15) is 14.7 Å². The number of aryl methyl sites for hydroxylation is 1. The lowest BCUT2D eigenvalue weighted by molar-refractivity contribution is -0.149. The number of halogens is 1. The number of nitrogens with one attached hydrogen (secondary N) is 1. The minimum absolute atomic E-state index is 0.0952. The van der Waals surface area contributed by atoms with E-state index in [1.807, 2.05) is 25.1 Å². The molecule has 0 spiro atoms. The average Bonchev–Trinajstić information content (AvgIpc) is 2.77. The zero-order valence-electron chi connectivity index (χ0n) is 12.1. The second-order valence-corrected chi connectivity index (χ2v) is 6.47. The van der Waals surface area contributed by atoms with E-state index in [0.717, 1.165) is 22.1 Å². The molecule has 2 N–H and O–H groups in total. The molecule has 0 bridgehead atoms. The summed E-state index contributed by atoms with van der Waals surface area (Å²) in [5, 5.41) is 12.2. The van der Waals surface area contributed by atoms with Gasteiger partial charge in [-0.1, -0.05) is 15.9 Å². The van der Waals surface area contributed by atoms with Crippen LogP contribution in [0.1, 0.15) is 25.3 Å². The summed E-state index contributed by atoms with van der Waals surface area (Å²) in [6.45, 7) is 4.36. The SMILES string of the molecule is Cc1cc(NC(=O)CN2CCCC2(C)C(=O)O)ccc1Br. The molecular formula is C15H19BrN2O3. The van der Waals surface area contributed by atoms with Gasteiger partial charge in [0.05, 0.1) is 6.54 Å². The van der Waals surface area contributed by atoms with Gasteiger partial charge in [-0.25, -0.2) is 0 Å². The van der Waals surface area contributed by atoms with Crippen LogP contribution in [0.25, 0.3) is 0 Å². The first-order valence-electron chi connectivity index (χ1n) is 6.87. The first-order chi connectivity index (χ1) is 9.83. The van der Waals surface area contributed by atoms with Gasteiger partial charge in [-0.05, 0) is 57.0 Å². The summed E-state index contributed by atoms with van der Waals surface area (Å²) < 4.78 is 0.985. The number of carbonyl (C=O) groups excluding carboxylic acids is 1. The van der Waals surface area contributed by atoms with E-state index in [-0.39, 0.29) is 12.5 Å². The number of nitrogens with zero attached hydrogens (tertiary/aromatic N) is 1. The Labute approximate surface area is 132 Å². The summed E-state index contributed by atoms with van der Waals surface area (Å²) in [6.07, 6.45) is 1.38. The summed E-state index contributed by atoms with van der Waals surface area (Å²) in [7, 11) is 0. The molecule has 2 rings (SSSR count). The third-order valence-electron chi connectivity index (χ3n) is 4.03. The molecule has 1 aromatic carbocycles. The maximum Gasteiger partial charge on any atom is 0.323 e. The lowest BCUT2D eigenvalue weighted by atomic mass is 9.99. The Bertz CT molecular complexity index is 576. The number of carboxylic acid groups (broad SMARTS) is 1. The Hall–Kier alpha value is -1.40. The van der Waals surface area contributed by atoms with Crippen LogP contribution in [-0.4, -0.2) is 40.5 Å². The van der Waals surface area contributed by atoms with Gasteiger partial charge in [-0.2, -0.15) is 0 Å². The van der Waals surface area contributed by atoms with Gasteiger partial charge >= 0.3 is 5.97 Å². The van der Waals surface area contributed by atoms with Gasteiger partial charge in [0.25, 0.3) is 0 Å². The van der Waals surface area contributed by atoms with Crippen LogP contribution in [0.2, 0.25) is 0 Å². The highest BCUT2D eigenvalue weighted by Crippen LogP contribution is 2.29. The van der Waals surface area contributed by atoms with Crippen molar-refractivity contribution >= 4 is 33.5 Å². The fraction of sp³-hybridized carbons (Fsp3) is 0.467. The molecule has 114 valence electrons. The van der Waals surface area contributed by atoms with Crippen molar-refractivity contribution in [1.82, 2.24) is 4.90 Å². The highest BCUT2D eigenvalue weighted by Gasteiger charge is 2.43. The third-order valence-corrected chi connectivity index (χ3v) is 4.92. The van der Waals surface area contributed by atoms with Crippen molar-refractivity contribution in [3.63, 3.8) is 0 Å².